The third-order valence-electron chi connectivity index (χ3n) is 1.99. The number of halogens is 2. The molecule has 15 heavy (non-hydrogen) atoms. The molecule has 2 N–H and O–H groups in total. The van der Waals surface area contributed by atoms with Crippen LogP contribution in [0.1, 0.15) is 17.3 Å². The van der Waals surface area contributed by atoms with E-state index in [1.165, 1.54) is 6.20 Å². The predicted octanol–water partition coefficient (Wildman–Crippen LogP) is 1.86. The summed E-state index contributed by atoms with van der Waals surface area (Å²) in [6.45, 7) is 0. The van der Waals surface area contributed by atoms with E-state index < -0.39 is 17.7 Å². The molecule has 0 radical (unpaired) electrons. The van der Waals surface area contributed by atoms with Gasteiger partial charge in [-0.15, -0.1) is 0 Å². The van der Waals surface area contributed by atoms with Gasteiger partial charge in [0.15, 0.2) is 0 Å². The van der Waals surface area contributed by atoms with Gasteiger partial charge in [-0.1, -0.05) is 0 Å². The van der Waals surface area contributed by atoms with Crippen LogP contribution in [0.3, 0.4) is 0 Å². The summed E-state index contributed by atoms with van der Waals surface area (Å²) < 4.78 is 33.8. The lowest BCUT2D eigenvalue weighted by atomic mass is 10.0. The van der Waals surface area contributed by atoms with Gasteiger partial charge in [0.2, 0.25) is 0 Å². The van der Waals surface area contributed by atoms with Crippen LogP contribution in [-0.4, -0.2) is 8.75 Å². The third-order valence-corrected chi connectivity index (χ3v) is 2.48. The van der Waals surface area contributed by atoms with Crippen molar-refractivity contribution >= 4 is 11.7 Å². The lowest BCUT2D eigenvalue weighted by molar-refractivity contribution is 0.575. The molecule has 0 aliphatic heterocycles. The Kier molecular flexibility index (Phi) is 2.70. The Morgan fingerprint density at radius 3 is 2.80 bits per heavy atom. The molecule has 1 heterocycles. The van der Waals surface area contributed by atoms with Crippen LogP contribution in [0, 0.1) is 11.6 Å². The molecule has 1 unspecified atom stereocenters. The topological polar surface area (TPSA) is 51.8 Å². The first kappa shape index (κ1) is 10.1. The minimum atomic E-state index is -0.778. The van der Waals surface area contributed by atoms with Crippen LogP contribution < -0.4 is 5.73 Å². The highest BCUT2D eigenvalue weighted by Crippen LogP contribution is 2.21. The van der Waals surface area contributed by atoms with Crippen LogP contribution in [0.15, 0.2) is 24.4 Å². The van der Waals surface area contributed by atoms with Gasteiger partial charge in [0, 0.05) is 5.56 Å². The second-order valence-corrected chi connectivity index (χ2v) is 3.53. The van der Waals surface area contributed by atoms with E-state index in [1.54, 1.807) is 0 Å². The Morgan fingerprint density at radius 1 is 1.33 bits per heavy atom. The van der Waals surface area contributed by atoms with Gasteiger partial charge in [0.25, 0.3) is 0 Å². The average Bonchev–Trinajstić information content (AvgIpc) is 2.74. The summed E-state index contributed by atoms with van der Waals surface area (Å²) >= 11 is 0.976. The van der Waals surface area contributed by atoms with Gasteiger partial charge in [-0.3, -0.25) is 0 Å². The predicted molar refractivity (Wildman–Crippen MR) is 52.3 cm³/mol. The quantitative estimate of drug-likeness (QED) is 0.852. The highest BCUT2D eigenvalue weighted by Gasteiger charge is 2.16. The smallest absolute Gasteiger partial charge is 0.128 e. The third kappa shape index (κ3) is 2.00. The van der Waals surface area contributed by atoms with E-state index in [1.807, 2.05) is 0 Å². The molecule has 6 heteroatoms. The minimum Gasteiger partial charge on any atom is -0.319 e. The zero-order valence-electron chi connectivity index (χ0n) is 7.52. The van der Waals surface area contributed by atoms with Gasteiger partial charge in [-0.25, -0.2) is 8.78 Å². The SMILES string of the molecule is NC(c1cnsn1)c1cc(F)ccc1F. The van der Waals surface area contributed by atoms with E-state index in [0.717, 1.165) is 29.9 Å². The maximum Gasteiger partial charge on any atom is 0.128 e. The number of nitrogens with two attached hydrogens (primary N) is 1. The molecular formula is C9H7F2N3S. The standard InChI is InChI=1S/C9H7F2N3S/c10-5-1-2-7(11)6(3-5)9(12)8-4-13-15-14-8/h1-4,9H,12H2. The fourth-order valence-corrected chi connectivity index (χ4v) is 1.68. The van der Waals surface area contributed by atoms with E-state index in [2.05, 4.69) is 8.75 Å². The molecule has 0 saturated heterocycles. The van der Waals surface area contributed by atoms with E-state index in [4.69, 9.17) is 5.73 Å². The molecule has 0 amide bonds. The number of aromatic nitrogens is 2. The first-order valence-electron chi connectivity index (χ1n) is 4.16. The Labute approximate surface area is 88.9 Å². The average molecular weight is 227 g/mol. The maximum absolute atomic E-state index is 13.3. The Morgan fingerprint density at radius 2 is 2.13 bits per heavy atom. The zero-order chi connectivity index (χ0) is 10.8. The molecular weight excluding hydrogens is 220 g/mol. The Bertz CT molecular complexity index is 458. The van der Waals surface area contributed by atoms with Crippen molar-refractivity contribution in [1.82, 2.24) is 8.75 Å². The number of rotatable bonds is 2. The van der Waals surface area contributed by atoms with E-state index >= 15 is 0 Å². The summed E-state index contributed by atoms with van der Waals surface area (Å²) in [5, 5.41) is 0. The molecule has 2 rings (SSSR count). The molecule has 0 spiro atoms. The van der Waals surface area contributed by atoms with Gasteiger partial charge in [-0.05, 0) is 18.2 Å². The number of benzene rings is 1. The van der Waals surface area contributed by atoms with Gasteiger partial charge in [-0.2, -0.15) is 8.75 Å². The van der Waals surface area contributed by atoms with Crippen molar-refractivity contribution in [3.05, 3.63) is 47.3 Å². The van der Waals surface area contributed by atoms with Gasteiger partial charge >= 0.3 is 0 Å². The molecule has 0 bridgehead atoms. The first-order chi connectivity index (χ1) is 7.18. The minimum absolute atomic E-state index is 0.0858. The van der Waals surface area contributed by atoms with Crippen molar-refractivity contribution in [2.24, 2.45) is 5.73 Å². The molecule has 1 aromatic heterocycles. The van der Waals surface area contributed by atoms with Gasteiger partial charge in [0.05, 0.1) is 29.7 Å². The molecule has 0 fully saturated rings. The van der Waals surface area contributed by atoms with Crippen LogP contribution in [-0.2, 0) is 0 Å². The van der Waals surface area contributed by atoms with Crippen molar-refractivity contribution < 1.29 is 8.78 Å². The molecule has 78 valence electrons. The van der Waals surface area contributed by atoms with Crippen molar-refractivity contribution in [1.29, 1.82) is 0 Å². The highest BCUT2D eigenvalue weighted by atomic mass is 32.1. The number of hydrogen-bond donors (Lipinski definition) is 1. The normalized spacial score (nSPS) is 12.7. The van der Waals surface area contributed by atoms with E-state index in [-0.39, 0.29) is 5.56 Å². The van der Waals surface area contributed by atoms with Crippen molar-refractivity contribution in [3.8, 4) is 0 Å². The van der Waals surface area contributed by atoms with Crippen molar-refractivity contribution in [2.75, 3.05) is 0 Å². The first-order valence-corrected chi connectivity index (χ1v) is 4.89. The van der Waals surface area contributed by atoms with Crippen LogP contribution >= 0.6 is 11.7 Å². The van der Waals surface area contributed by atoms with Crippen molar-refractivity contribution in [3.63, 3.8) is 0 Å². The zero-order valence-corrected chi connectivity index (χ0v) is 8.34. The Balaban J connectivity index is 2.41. The van der Waals surface area contributed by atoms with E-state index in [0.29, 0.717) is 5.69 Å². The van der Waals surface area contributed by atoms with E-state index in [9.17, 15) is 8.78 Å². The van der Waals surface area contributed by atoms with Gasteiger partial charge < -0.3 is 5.73 Å². The monoisotopic (exact) mass is 227 g/mol. The molecule has 0 aliphatic rings. The summed E-state index contributed by atoms with van der Waals surface area (Å²) in [5.41, 5.74) is 6.25. The second-order valence-electron chi connectivity index (χ2n) is 2.98. The molecule has 2 aromatic rings. The summed E-state index contributed by atoms with van der Waals surface area (Å²) in [5.74, 6) is -1.07. The summed E-state index contributed by atoms with van der Waals surface area (Å²) in [7, 11) is 0. The maximum atomic E-state index is 13.3. The molecule has 1 aromatic carbocycles. The fourth-order valence-electron chi connectivity index (χ4n) is 1.22. The second kappa shape index (κ2) is 4.00. The summed E-state index contributed by atoms with van der Waals surface area (Å²) in [6, 6.07) is 2.38. The molecule has 3 nitrogen and oxygen atoms in total. The van der Waals surface area contributed by atoms with Crippen LogP contribution in [0.2, 0.25) is 0 Å². The van der Waals surface area contributed by atoms with Crippen LogP contribution in [0.25, 0.3) is 0 Å². The number of hydrogen-bond acceptors (Lipinski definition) is 4. The largest absolute Gasteiger partial charge is 0.319 e. The summed E-state index contributed by atoms with van der Waals surface area (Å²) in [4.78, 5) is 0. The molecule has 0 aliphatic carbocycles. The highest BCUT2D eigenvalue weighted by molar-refractivity contribution is 6.99. The van der Waals surface area contributed by atoms with Crippen molar-refractivity contribution in [2.45, 2.75) is 6.04 Å². The lowest BCUT2D eigenvalue weighted by Crippen LogP contribution is -2.14. The molecule has 1 atom stereocenters. The van der Waals surface area contributed by atoms with Crippen LogP contribution in [0.4, 0.5) is 8.78 Å². The number of nitrogens with zero attached hydrogens (tertiary/aromatic N) is 2. The summed E-state index contributed by atoms with van der Waals surface area (Å²) in [6.07, 6.45) is 1.44. The fraction of sp³-hybridized carbons (Fsp3) is 0.111. The Hall–Kier alpha value is -1.40. The lowest BCUT2D eigenvalue weighted by Gasteiger charge is -2.09. The molecule has 0 saturated carbocycles. The van der Waals surface area contributed by atoms with Gasteiger partial charge in [0.1, 0.15) is 11.6 Å². The van der Waals surface area contributed by atoms with Crippen LogP contribution in [0.5, 0.6) is 0 Å².